The Morgan fingerprint density at radius 2 is 2.12 bits per heavy atom. The molecule has 1 aromatic rings. The summed E-state index contributed by atoms with van der Waals surface area (Å²) >= 11 is 0. The van der Waals surface area contributed by atoms with Gasteiger partial charge >= 0.3 is 0 Å². The standard InChI is InChI=1S/C15H23NO/c1-5-17-14-8-10(2)6-12(4)15(14)13-7-11(3)9-16-13/h6,8,11,13,16H,5,7,9H2,1-4H3/t11-,13-/m1/s1. The number of benzene rings is 1. The summed E-state index contributed by atoms with van der Waals surface area (Å²) in [5, 5.41) is 3.60. The highest BCUT2D eigenvalue weighted by molar-refractivity contribution is 5.45. The first-order valence-corrected chi connectivity index (χ1v) is 6.59. The molecule has 0 saturated carbocycles. The summed E-state index contributed by atoms with van der Waals surface area (Å²) in [5.74, 6) is 1.83. The highest BCUT2D eigenvalue weighted by Crippen LogP contribution is 2.36. The Bertz CT molecular complexity index is 400. The Morgan fingerprint density at radius 3 is 2.71 bits per heavy atom. The molecule has 1 aromatic carbocycles. The molecule has 2 atom stereocenters. The van der Waals surface area contributed by atoms with Crippen LogP contribution in [-0.4, -0.2) is 13.2 Å². The molecule has 0 unspecified atom stereocenters. The van der Waals surface area contributed by atoms with Crippen LogP contribution in [-0.2, 0) is 0 Å². The number of hydrogen-bond acceptors (Lipinski definition) is 2. The van der Waals surface area contributed by atoms with E-state index < -0.39 is 0 Å². The summed E-state index contributed by atoms with van der Waals surface area (Å²) < 4.78 is 5.81. The van der Waals surface area contributed by atoms with E-state index in [4.69, 9.17) is 4.74 Å². The fraction of sp³-hybridized carbons (Fsp3) is 0.600. The number of nitrogens with one attached hydrogen (secondary N) is 1. The number of rotatable bonds is 3. The van der Waals surface area contributed by atoms with Gasteiger partial charge in [0.25, 0.3) is 0 Å². The van der Waals surface area contributed by atoms with Gasteiger partial charge in [0.1, 0.15) is 5.75 Å². The van der Waals surface area contributed by atoms with Crippen LogP contribution >= 0.6 is 0 Å². The first-order chi connectivity index (χ1) is 8.11. The van der Waals surface area contributed by atoms with Crippen LogP contribution in [0.5, 0.6) is 5.75 Å². The first kappa shape index (κ1) is 12.4. The zero-order chi connectivity index (χ0) is 12.4. The van der Waals surface area contributed by atoms with Crippen LogP contribution in [0.25, 0.3) is 0 Å². The highest BCUT2D eigenvalue weighted by atomic mass is 16.5. The molecule has 2 heteroatoms. The zero-order valence-corrected chi connectivity index (χ0v) is 11.3. The van der Waals surface area contributed by atoms with Crippen LogP contribution in [0.2, 0.25) is 0 Å². The molecule has 1 aliphatic heterocycles. The second kappa shape index (κ2) is 5.09. The van der Waals surface area contributed by atoms with Gasteiger partial charge in [0.05, 0.1) is 6.61 Å². The summed E-state index contributed by atoms with van der Waals surface area (Å²) in [7, 11) is 0. The van der Waals surface area contributed by atoms with E-state index in [-0.39, 0.29) is 0 Å². The van der Waals surface area contributed by atoms with Gasteiger partial charge in [-0.3, -0.25) is 0 Å². The molecular weight excluding hydrogens is 210 g/mol. The Labute approximate surface area is 104 Å². The molecule has 0 bridgehead atoms. The summed E-state index contributed by atoms with van der Waals surface area (Å²) in [6, 6.07) is 4.88. The highest BCUT2D eigenvalue weighted by Gasteiger charge is 2.26. The van der Waals surface area contributed by atoms with Crippen LogP contribution < -0.4 is 10.1 Å². The van der Waals surface area contributed by atoms with E-state index in [1.165, 1.54) is 23.1 Å². The van der Waals surface area contributed by atoms with Crippen molar-refractivity contribution in [2.24, 2.45) is 5.92 Å². The average molecular weight is 233 g/mol. The Hall–Kier alpha value is -1.02. The second-order valence-corrected chi connectivity index (χ2v) is 5.23. The van der Waals surface area contributed by atoms with Crippen molar-refractivity contribution in [1.29, 1.82) is 0 Å². The second-order valence-electron chi connectivity index (χ2n) is 5.23. The molecule has 1 N–H and O–H groups in total. The van der Waals surface area contributed by atoms with Gasteiger partial charge in [-0.05, 0) is 56.8 Å². The predicted octanol–water partition coefficient (Wildman–Crippen LogP) is 3.37. The number of aryl methyl sites for hydroxylation is 2. The van der Waals surface area contributed by atoms with E-state index in [2.05, 4.69) is 38.2 Å². The maximum absolute atomic E-state index is 5.81. The molecule has 1 heterocycles. The van der Waals surface area contributed by atoms with E-state index in [0.29, 0.717) is 6.04 Å². The van der Waals surface area contributed by atoms with Crippen molar-refractivity contribution in [1.82, 2.24) is 5.32 Å². The molecule has 1 saturated heterocycles. The molecule has 0 amide bonds. The van der Waals surface area contributed by atoms with Crippen molar-refractivity contribution in [3.63, 3.8) is 0 Å². The van der Waals surface area contributed by atoms with Crippen LogP contribution in [0.1, 0.15) is 43.0 Å². The van der Waals surface area contributed by atoms with Gasteiger partial charge in [-0.2, -0.15) is 0 Å². The largest absolute Gasteiger partial charge is 0.494 e. The fourth-order valence-corrected chi connectivity index (χ4v) is 2.79. The normalized spacial score (nSPS) is 24.0. The van der Waals surface area contributed by atoms with Crippen molar-refractivity contribution < 1.29 is 4.74 Å². The number of ether oxygens (including phenoxy) is 1. The van der Waals surface area contributed by atoms with Crippen LogP contribution in [0.15, 0.2) is 12.1 Å². The molecule has 0 aliphatic carbocycles. The van der Waals surface area contributed by atoms with Gasteiger partial charge in [0, 0.05) is 11.6 Å². The fourth-order valence-electron chi connectivity index (χ4n) is 2.79. The summed E-state index contributed by atoms with van der Waals surface area (Å²) in [5.41, 5.74) is 3.99. The molecule has 1 fully saturated rings. The smallest absolute Gasteiger partial charge is 0.124 e. The van der Waals surface area contributed by atoms with Gasteiger partial charge < -0.3 is 10.1 Å². The van der Waals surface area contributed by atoms with Crippen molar-refractivity contribution >= 4 is 0 Å². The molecular formula is C15H23NO. The van der Waals surface area contributed by atoms with E-state index in [1.807, 2.05) is 6.92 Å². The minimum Gasteiger partial charge on any atom is -0.494 e. The Morgan fingerprint density at radius 1 is 1.35 bits per heavy atom. The minimum absolute atomic E-state index is 0.465. The quantitative estimate of drug-likeness (QED) is 0.864. The third-order valence-corrected chi connectivity index (χ3v) is 3.49. The maximum Gasteiger partial charge on any atom is 0.124 e. The SMILES string of the molecule is CCOc1cc(C)cc(C)c1[C@H]1C[C@@H](C)CN1. The maximum atomic E-state index is 5.81. The Balaban J connectivity index is 2.36. The van der Waals surface area contributed by atoms with E-state index in [9.17, 15) is 0 Å². The average Bonchev–Trinajstić information content (AvgIpc) is 2.64. The first-order valence-electron chi connectivity index (χ1n) is 6.59. The van der Waals surface area contributed by atoms with Crippen molar-refractivity contribution in [3.05, 3.63) is 28.8 Å². The van der Waals surface area contributed by atoms with Crippen LogP contribution in [0.4, 0.5) is 0 Å². The van der Waals surface area contributed by atoms with E-state index in [0.717, 1.165) is 24.8 Å². The lowest BCUT2D eigenvalue weighted by molar-refractivity contribution is 0.332. The third kappa shape index (κ3) is 2.63. The van der Waals surface area contributed by atoms with Crippen molar-refractivity contribution in [2.45, 2.75) is 40.2 Å². The van der Waals surface area contributed by atoms with Gasteiger partial charge in [-0.25, -0.2) is 0 Å². The van der Waals surface area contributed by atoms with Gasteiger partial charge in [0.15, 0.2) is 0 Å². The lowest BCUT2D eigenvalue weighted by Gasteiger charge is -2.19. The summed E-state index contributed by atoms with van der Waals surface area (Å²) in [4.78, 5) is 0. The molecule has 94 valence electrons. The van der Waals surface area contributed by atoms with Crippen molar-refractivity contribution in [2.75, 3.05) is 13.2 Å². The van der Waals surface area contributed by atoms with E-state index in [1.54, 1.807) is 0 Å². The molecule has 2 rings (SSSR count). The summed E-state index contributed by atoms with van der Waals surface area (Å²) in [6.07, 6.45) is 1.21. The number of hydrogen-bond donors (Lipinski definition) is 1. The van der Waals surface area contributed by atoms with Crippen LogP contribution in [0.3, 0.4) is 0 Å². The monoisotopic (exact) mass is 233 g/mol. The lowest BCUT2D eigenvalue weighted by Crippen LogP contribution is -2.16. The molecule has 0 radical (unpaired) electrons. The predicted molar refractivity (Wildman–Crippen MR) is 71.6 cm³/mol. The zero-order valence-electron chi connectivity index (χ0n) is 11.3. The molecule has 0 spiro atoms. The van der Waals surface area contributed by atoms with Gasteiger partial charge in [-0.15, -0.1) is 0 Å². The topological polar surface area (TPSA) is 21.3 Å². The van der Waals surface area contributed by atoms with Crippen LogP contribution in [0, 0.1) is 19.8 Å². The summed E-state index contributed by atoms with van der Waals surface area (Å²) in [6.45, 7) is 10.5. The molecule has 2 nitrogen and oxygen atoms in total. The van der Waals surface area contributed by atoms with E-state index >= 15 is 0 Å². The Kier molecular flexibility index (Phi) is 3.72. The van der Waals surface area contributed by atoms with Gasteiger partial charge in [0.2, 0.25) is 0 Å². The molecule has 0 aromatic heterocycles. The van der Waals surface area contributed by atoms with Crippen molar-refractivity contribution in [3.8, 4) is 5.75 Å². The van der Waals surface area contributed by atoms with Gasteiger partial charge in [-0.1, -0.05) is 13.0 Å². The third-order valence-electron chi connectivity index (χ3n) is 3.49. The lowest BCUT2D eigenvalue weighted by atomic mass is 9.95. The molecule has 1 aliphatic rings. The minimum atomic E-state index is 0.465. The molecule has 17 heavy (non-hydrogen) atoms.